The minimum absolute atomic E-state index is 0.0279. The number of carboxylic acids is 1. The molecule has 0 radical (unpaired) electrons. The quantitative estimate of drug-likeness (QED) is 0.760. The Morgan fingerprint density at radius 3 is 2.75 bits per heavy atom. The highest BCUT2D eigenvalue weighted by Crippen LogP contribution is 2.32. The van der Waals surface area contributed by atoms with Gasteiger partial charge in [-0.15, -0.1) is 0 Å². The molecule has 0 spiro atoms. The molecule has 0 saturated heterocycles. The van der Waals surface area contributed by atoms with Crippen LogP contribution in [0.1, 0.15) is 24.4 Å². The van der Waals surface area contributed by atoms with E-state index < -0.39 is 17.8 Å². The zero-order valence-electron chi connectivity index (χ0n) is 8.28. The molecular weight excluding hydrogens is 237 g/mol. The van der Waals surface area contributed by atoms with E-state index in [1.807, 2.05) is 0 Å². The molecule has 0 bridgehead atoms. The number of carboxylic acid groups (broad SMARTS) is 1. The van der Waals surface area contributed by atoms with Gasteiger partial charge >= 0.3 is 5.97 Å². The predicted molar refractivity (Wildman–Crippen MR) is 56.9 cm³/mol. The summed E-state index contributed by atoms with van der Waals surface area (Å²) in [7, 11) is 0. The summed E-state index contributed by atoms with van der Waals surface area (Å²) in [6.45, 7) is 0. The molecule has 0 saturated carbocycles. The first kappa shape index (κ1) is 12.7. The number of aromatic hydroxyl groups is 1. The fourth-order valence-electron chi connectivity index (χ4n) is 1.33. The van der Waals surface area contributed by atoms with Gasteiger partial charge in [0, 0.05) is 18.0 Å². The van der Waals surface area contributed by atoms with Gasteiger partial charge in [0.1, 0.15) is 11.6 Å². The van der Waals surface area contributed by atoms with Gasteiger partial charge in [-0.25, -0.2) is 4.39 Å². The van der Waals surface area contributed by atoms with E-state index in [0.29, 0.717) is 0 Å². The smallest absolute Gasteiger partial charge is 0.303 e. The highest BCUT2D eigenvalue weighted by atomic mass is 35.5. The van der Waals surface area contributed by atoms with Crippen LogP contribution in [0.2, 0.25) is 5.02 Å². The molecule has 4 nitrogen and oxygen atoms in total. The van der Waals surface area contributed by atoms with Crippen molar-refractivity contribution in [2.24, 2.45) is 5.73 Å². The van der Waals surface area contributed by atoms with Crippen molar-refractivity contribution in [3.8, 4) is 5.75 Å². The van der Waals surface area contributed by atoms with E-state index in [2.05, 4.69) is 0 Å². The van der Waals surface area contributed by atoms with Crippen molar-refractivity contribution in [3.63, 3.8) is 0 Å². The number of carbonyl (C=O) groups is 1. The van der Waals surface area contributed by atoms with Crippen molar-refractivity contribution in [3.05, 3.63) is 28.5 Å². The molecule has 88 valence electrons. The number of aliphatic carboxylic acids is 1. The Labute approximate surface area is 96.4 Å². The molecule has 4 N–H and O–H groups in total. The number of phenolic OH excluding ortho intramolecular Hbond substituents is 1. The number of hydrogen-bond acceptors (Lipinski definition) is 3. The van der Waals surface area contributed by atoms with Crippen molar-refractivity contribution in [2.45, 2.75) is 18.9 Å². The molecule has 0 aliphatic rings. The Morgan fingerprint density at radius 1 is 1.56 bits per heavy atom. The Morgan fingerprint density at radius 2 is 2.19 bits per heavy atom. The minimum Gasteiger partial charge on any atom is -0.507 e. The molecule has 1 aromatic carbocycles. The van der Waals surface area contributed by atoms with E-state index >= 15 is 0 Å². The Kier molecular flexibility index (Phi) is 4.09. The standard InChI is InChI=1S/C10H11ClFNO3/c11-5-1-3-7(14)9(10(5)12)6(13)2-4-8(15)16/h1,3,6,14H,2,4,13H2,(H,15,16). The van der Waals surface area contributed by atoms with Gasteiger partial charge in [-0.3, -0.25) is 4.79 Å². The van der Waals surface area contributed by atoms with E-state index in [1.54, 1.807) is 0 Å². The van der Waals surface area contributed by atoms with Gasteiger partial charge in [0.2, 0.25) is 0 Å². The third-order valence-corrected chi connectivity index (χ3v) is 2.44. The normalized spacial score (nSPS) is 12.4. The average Bonchev–Trinajstić information content (AvgIpc) is 2.21. The van der Waals surface area contributed by atoms with Crippen LogP contribution >= 0.6 is 11.6 Å². The summed E-state index contributed by atoms with van der Waals surface area (Å²) >= 11 is 5.53. The van der Waals surface area contributed by atoms with Gasteiger partial charge in [-0.2, -0.15) is 0 Å². The van der Waals surface area contributed by atoms with Crippen LogP contribution in [-0.4, -0.2) is 16.2 Å². The molecule has 1 unspecified atom stereocenters. The van der Waals surface area contributed by atoms with E-state index in [-0.39, 0.29) is 29.2 Å². The molecule has 6 heteroatoms. The summed E-state index contributed by atoms with van der Waals surface area (Å²) in [5.41, 5.74) is 5.45. The third kappa shape index (κ3) is 2.84. The first-order valence-corrected chi connectivity index (χ1v) is 4.95. The molecule has 1 rings (SSSR count). The lowest BCUT2D eigenvalue weighted by atomic mass is 10.0. The van der Waals surface area contributed by atoms with Crippen molar-refractivity contribution in [1.29, 1.82) is 0 Å². The van der Waals surface area contributed by atoms with Crippen molar-refractivity contribution in [1.82, 2.24) is 0 Å². The molecule has 1 aromatic rings. The first-order valence-electron chi connectivity index (χ1n) is 4.57. The third-order valence-electron chi connectivity index (χ3n) is 2.15. The molecular formula is C10H11ClFNO3. The van der Waals surface area contributed by atoms with Gasteiger partial charge in [0.25, 0.3) is 0 Å². The summed E-state index contributed by atoms with van der Waals surface area (Å²) in [4.78, 5) is 10.3. The van der Waals surface area contributed by atoms with E-state index in [1.165, 1.54) is 12.1 Å². The summed E-state index contributed by atoms with van der Waals surface area (Å²) in [6.07, 6.45) is -0.174. The molecule has 16 heavy (non-hydrogen) atoms. The summed E-state index contributed by atoms with van der Waals surface area (Å²) in [5.74, 6) is -2.16. The van der Waals surface area contributed by atoms with Crippen LogP contribution in [0.25, 0.3) is 0 Å². The molecule has 1 atom stereocenters. The number of phenols is 1. The lowest BCUT2D eigenvalue weighted by molar-refractivity contribution is -0.137. The summed E-state index contributed by atoms with van der Waals surface area (Å²) in [5, 5.41) is 17.7. The SMILES string of the molecule is NC(CCC(=O)O)c1c(O)ccc(Cl)c1F. The molecule has 0 heterocycles. The number of rotatable bonds is 4. The van der Waals surface area contributed by atoms with Gasteiger partial charge in [-0.1, -0.05) is 11.6 Å². The fourth-order valence-corrected chi connectivity index (χ4v) is 1.50. The largest absolute Gasteiger partial charge is 0.507 e. The Hall–Kier alpha value is -1.33. The van der Waals surface area contributed by atoms with Crippen molar-refractivity contribution >= 4 is 17.6 Å². The second-order valence-electron chi connectivity index (χ2n) is 3.33. The highest BCUT2D eigenvalue weighted by molar-refractivity contribution is 6.30. The van der Waals surface area contributed by atoms with Crippen LogP contribution in [0.4, 0.5) is 4.39 Å². The number of hydrogen-bond donors (Lipinski definition) is 3. The molecule has 0 aliphatic carbocycles. The van der Waals surface area contributed by atoms with Crippen LogP contribution in [0.5, 0.6) is 5.75 Å². The van der Waals surface area contributed by atoms with Gasteiger partial charge in [-0.05, 0) is 18.6 Å². The van der Waals surface area contributed by atoms with Crippen molar-refractivity contribution in [2.75, 3.05) is 0 Å². The van der Waals surface area contributed by atoms with E-state index in [4.69, 9.17) is 22.4 Å². The second kappa shape index (κ2) is 5.14. The highest BCUT2D eigenvalue weighted by Gasteiger charge is 2.19. The lowest BCUT2D eigenvalue weighted by Gasteiger charge is -2.14. The van der Waals surface area contributed by atoms with Gasteiger partial charge < -0.3 is 15.9 Å². The van der Waals surface area contributed by atoms with Crippen LogP contribution in [-0.2, 0) is 4.79 Å². The number of benzene rings is 1. The maximum Gasteiger partial charge on any atom is 0.303 e. The van der Waals surface area contributed by atoms with Gasteiger partial charge in [0.15, 0.2) is 0 Å². The topological polar surface area (TPSA) is 83.6 Å². The maximum absolute atomic E-state index is 13.5. The summed E-state index contributed by atoms with van der Waals surface area (Å²) < 4.78 is 13.5. The molecule has 0 aliphatic heterocycles. The van der Waals surface area contributed by atoms with Crippen LogP contribution in [0, 0.1) is 5.82 Å². The lowest BCUT2D eigenvalue weighted by Crippen LogP contribution is -2.14. The molecule has 0 amide bonds. The maximum atomic E-state index is 13.5. The molecule has 0 fully saturated rings. The minimum atomic E-state index is -1.03. The predicted octanol–water partition coefficient (Wildman–Crippen LogP) is 2.05. The van der Waals surface area contributed by atoms with E-state index in [9.17, 15) is 14.3 Å². The second-order valence-corrected chi connectivity index (χ2v) is 3.74. The zero-order valence-corrected chi connectivity index (χ0v) is 9.04. The van der Waals surface area contributed by atoms with E-state index in [0.717, 1.165) is 0 Å². The monoisotopic (exact) mass is 247 g/mol. The van der Waals surface area contributed by atoms with Crippen LogP contribution in [0.15, 0.2) is 12.1 Å². The van der Waals surface area contributed by atoms with Crippen LogP contribution < -0.4 is 5.73 Å². The fraction of sp³-hybridized carbons (Fsp3) is 0.300. The van der Waals surface area contributed by atoms with Crippen LogP contribution in [0.3, 0.4) is 0 Å². The first-order chi connectivity index (χ1) is 7.43. The number of halogens is 2. The Balaban J connectivity index is 2.94. The van der Waals surface area contributed by atoms with Gasteiger partial charge in [0.05, 0.1) is 5.02 Å². The summed E-state index contributed by atoms with van der Waals surface area (Å²) in [6, 6.07) is 1.54. The number of nitrogens with two attached hydrogens (primary N) is 1. The zero-order chi connectivity index (χ0) is 12.3. The van der Waals surface area contributed by atoms with Crippen molar-refractivity contribution < 1.29 is 19.4 Å². The molecule has 0 aromatic heterocycles. The average molecular weight is 248 g/mol. The Bertz CT molecular complexity index is 411.